The number of likely N-dealkylation sites (N-methyl/N-ethyl adjacent to an activating group) is 1. The zero-order valence-electron chi connectivity index (χ0n) is 16.1. The second-order valence-electron chi connectivity index (χ2n) is 6.60. The molecular formula is C22H21ClN2O3S. The van der Waals surface area contributed by atoms with E-state index in [-0.39, 0.29) is 18.3 Å². The average molecular weight is 429 g/mol. The van der Waals surface area contributed by atoms with Crippen molar-refractivity contribution in [3.8, 4) is 10.4 Å². The largest absolute Gasteiger partial charge is 0.468 e. The monoisotopic (exact) mass is 428 g/mol. The van der Waals surface area contributed by atoms with Crippen LogP contribution in [0.1, 0.15) is 21.5 Å². The van der Waals surface area contributed by atoms with Gasteiger partial charge in [0.05, 0.1) is 24.2 Å². The lowest BCUT2D eigenvalue weighted by atomic mass is 9.98. The molecule has 0 spiro atoms. The highest BCUT2D eigenvalue weighted by Crippen LogP contribution is 2.40. The third-order valence-electron chi connectivity index (χ3n) is 4.46. The molecule has 7 heteroatoms. The number of anilines is 1. The highest BCUT2D eigenvalue weighted by molar-refractivity contribution is 7.20. The maximum Gasteiger partial charge on any atom is 0.319 e. The lowest BCUT2D eigenvalue weighted by Crippen LogP contribution is -2.27. The number of nitrogens with two attached hydrogens (primary N) is 1. The van der Waals surface area contributed by atoms with E-state index >= 15 is 0 Å². The van der Waals surface area contributed by atoms with Crippen LogP contribution < -0.4 is 5.73 Å². The van der Waals surface area contributed by atoms with Gasteiger partial charge in [0.25, 0.3) is 0 Å². The Kier molecular flexibility index (Phi) is 6.69. The number of benzene rings is 2. The molecule has 0 aliphatic rings. The summed E-state index contributed by atoms with van der Waals surface area (Å²) in [5, 5.41) is 1.01. The molecule has 0 aliphatic heterocycles. The van der Waals surface area contributed by atoms with Crippen LogP contribution in [-0.2, 0) is 16.1 Å². The van der Waals surface area contributed by atoms with E-state index in [2.05, 4.69) is 0 Å². The molecule has 29 heavy (non-hydrogen) atoms. The Bertz CT molecular complexity index is 1020. The minimum atomic E-state index is -0.345. The van der Waals surface area contributed by atoms with Gasteiger partial charge in [-0.25, -0.2) is 0 Å². The summed E-state index contributed by atoms with van der Waals surface area (Å²) < 4.78 is 4.75. The molecule has 3 rings (SSSR count). The molecule has 0 atom stereocenters. The van der Waals surface area contributed by atoms with E-state index in [0.717, 1.165) is 16.0 Å². The Balaban J connectivity index is 2.07. The summed E-state index contributed by atoms with van der Waals surface area (Å²) in [4.78, 5) is 27.7. The molecule has 1 aromatic heterocycles. The summed E-state index contributed by atoms with van der Waals surface area (Å²) in [5.74, 6) is -0.512. The standard InChI is InChI=1S/C22H21ClN2O3S/c1-25(13-18(26)28-2)12-17-19(20(27)14-8-10-16(23)11-9-14)22(24)29-21(17)15-6-4-3-5-7-15/h3-11H,12-13,24H2,1-2H3. The molecule has 0 bridgehead atoms. The zero-order valence-corrected chi connectivity index (χ0v) is 17.7. The summed E-state index contributed by atoms with van der Waals surface area (Å²) in [6.07, 6.45) is 0. The Morgan fingerprint density at radius 1 is 1.10 bits per heavy atom. The van der Waals surface area contributed by atoms with E-state index in [4.69, 9.17) is 22.1 Å². The number of ketones is 1. The van der Waals surface area contributed by atoms with Crippen molar-refractivity contribution in [2.75, 3.05) is 26.4 Å². The minimum absolute atomic E-state index is 0.106. The lowest BCUT2D eigenvalue weighted by Gasteiger charge is -2.17. The lowest BCUT2D eigenvalue weighted by molar-refractivity contribution is -0.141. The van der Waals surface area contributed by atoms with E-state index in [0.29, 0.717) is 27.7 Å². The van der Waals surface area contributed by atoms with E-state index in [9.17, 15) is 9.59 Å². The fraction of sp³-hybridized carbons (Fsp3) is 0.182. The van der Waals surface area contributed by atoms with Gasteiger partial charge in [-0.3, -0.25) is 14.5 Å². The van der Waals surface area contributed by atoms with Crippen LogP contribution in [0.5, 0.6) is 0 Å². The van der Waals surface area contributed by atoms with E-state index < -0.39 is 0 Å². The van der Waals surface area contributed by atoms with Crippen molar-refractivity contribution in [3.05, 3.63) is 76.3 Å². The van der Waals surface area contributed by atoms with Gasteiger partial charge in [0.15, 0.2) is 5.78 Å². The molecule has 150 valence electrons. The summed E-state index contributed by atoms with van der Waals surface area (Å²) in [5.41, 5.74) is 9.06. The first kappa shape index (κ1) is 21.0. The van der Waals surface area contributed by atoms with Gasteiger partial charge in [-0.1, -0.05) is 41.9 Å². The molecule has 0 aliphatic carbocycles. The number of hydrogen-bond donors (Lipinski definition) is 1. The van der Waals surface area contributed by atoms with Gasteiger partial charge in [0.1, 0.15) is 0 Å². The van der Waals surface area contributed by atoms with Crippen LogP contribution in [0.3, 0.4) is 0 Å². The smallest absolute Gasteiger partial charge is 0.319 e. The van der Waals surface area contributed by atoms with Crippen molar-refractivity contribution in [1.82, 2.24) is 4.90 Å². The number of ether oxygens (including phenoxy) is 1. The van der Waals surface area contributed by atoms with Crippen molar-refractivity contribution >= 4 is 39.7 Å². The molecule has 0 radical (unpaired) electrons. The fourth-order valence-electron chi connectivity index (χ4n) is 3.06. The van der Waals surface area contributed by atoms with Crippen LogP contribution in [0.25, 0.3) is 10.4 Å². The molecule has 0 saturated carbocycles. The molecule has 3 aromatic rings. The Morgan fingerprint density at radius 2 is 1.76 bits per heavy atom. The highest BCUT2D eigenvalue weighted by atomic mass is 35.5. The minimum Gasteiger partial charge on any atom is -0.468 e. The summed E-state index contributed by atoms with van der Waals surface area (Å²) >= 11 is 7.33. The number of nitrogen functional groups attached to an aromatic ring is 1. The first-order valence-electron chi connectivity index (χ1n) is 8.93. The molecule has 0 fully saturated rings. The molecular weight excluding hydrogens is 408 g/mol. The summed E-state index contributed by atoms with van der Waals surface area (Å²) in [6.45, 7) is 0.483. The molecule has 0 unspecified atom stereocenters. The summed E-state index contributed by atoms with van der Waals surface area (Å²) in [7, 11) is 3.15. The number of methoxy groups -OCH3 is 1. The second-order valence-corrected chi connectivity index (χ2v) is 8.09. The number of carbonyl (C=O) groups is 2. The van der Waals surface area contributed by atoms with E-state index in [1.54, 1.807) is 36.2 Å². The van der Waals surface area contributed by atoms with Gasteiger partial charge in [-0.2, -0.15) is 0 Å². The number of carbonyl (C=O) groups excluding carboxylic acids is 2. The van der Waals surface area contributed by atoms with Crippen molar-refractivity contribution < 1.29 is 14.3 Å². The Morgan fingerprint density at radius 3 is 2.38 bits per heavy atom. The molecule has 0 saturated heterocycles. The highest BCUT2D eigenvalue weighted by Gasteiger charge is 2.25. The molecule has 2 N–H and O–H groups in total. The van der Waals surface area contributed by atoms with Crippen LogP contribution in [0.4, 0.5) is 5.00 Å². The predicted octanol–water partition coefficient (Wildman–Crippen LogP) is 4.49. The van der Waals surface area contributed by atoms with Gasteiger partial charge in [-0.15, -0.1) is 11.3 Å². The molecule has 1 heterocycles. The van der Waals surface area contributed by atoms with Gasteiger partial charge < -0.3 is 10.5 Å². The molecule has 5 nitrogen and oxygen atoms in total. The number of hydrogen-bond acceptors (Lipinski definition) is 6. The number of rotatable bonds is 7. The average Bonchev–Trinajstić information content (AvgIpc) is 3.04. The topological polar surface area (TPSA) is 72.6 Å². The maximum absolute atomic E-state index is 13.3. The van der Waals surface area contributed by atoms with E-state index in [1.807, 2.05) is 30.3 Å². The van der Waals surface area contributed by atoms with Gasteiger partial charge in [-0.05, 0) is 42.4 Å². The van der Waals surface area contributed by atoms with Gasteiger partial charge >= 0.3 is 5.97 Å². The molecule has 2 aromatic carbocycles. The van der Waals surface area contributed by atoms with Crippen LogP contribution in [-0.4, -0.2) is 37.4 Å². The van der Waals surface area contributed by atoms with Gasteiger partial charge in [0, 0.05) is 22.0 Å². The number of halogens is 1. The third-order valence-corrected chi connectivity index (χ3v) is 5.82. The Labute approximate surface area is 178 Å². The third kappa shape index (κ3) is 4.85. The van der Waals surface area contributed by atoms with Crippen molar-refractivity contribution in [2.24, 2.45) is 0 Å². The van der Waals surface area contributed by atoms with Crippen LogP contribution in [0, 0.1) is 0 Å². The SMILES string of the molecule is COC(=O)CN(C)Cc1c(-c2ccccc2)sc(N)c1C(=O)c1ccc(Cl)cc1. The predicted molar refractivity (Wildman–Crippen MR) is 117 cm³/mol. The number of esters is 1. The van der Waals surface area contributed by atoms with Crippen LogP contribution in [0.15, 0.2) is 54.6 Å². The van der Waals surface area contributed by atoms with Crippen molar-refractivity contribution in [2.45, 2.75) is 6.54 Å². The quantitative estimate of drug-likeness (QED) is 0.443. The Hall–Kier alpha value is -2.67. The van der Waals surface area contributed by atoms with Crippen molar-refractivity contribution in [3.63, 3.8) is 0 Å². The second kappa shape index (κ2) is 9.22. The van der Waals surface area contributed by atoms with E-state index in [1.165, 1.54) is 18.4 Å². The van der Waals surface area contributed by atoms with Crippen LogP contribution >= 0.6 is 22.9 Å². The maximum atomic E-state index is 13.3. The number of thiophene rings is 1. The number of nitrogens with zero attached hydrogens (tertiary/aromatic N) is 1. The molecule has 0 amide bonds. The zero-order chi connectivity index (χ0) is 21.0. The first-order valence-corrected chi connectivity index (χ1v) is 10.1. The first-order chi connectivity index (χ1) is 13.9. The normalized spacial score (nSPS) is 10.9. The van der Waals surface area contributed by atoms with Crippen LogP contribution in [0.2, 0.25) is 5.02 Å². The summed E-state index contributed by atoms with van der Waals surface area (Å²) in [6, 6.07) is 16.5. The van der Waals surface area contributed by atoms with Crippen molar-refractivity contribution in [1.29, 1.82) is 0 Å². The fourth-order valence-corrected chi connectivity index (χ4v) is 4.27. The van der Waals surface area contributed by atoms with Gasteiger partial charge in [0.2, 0.25) is 0 Å².